The summed E-state index contributed by atoms with van der Waals surface area (Å²) < 4.78 is 18.9. The number of urea groups is 2. The fourth-order valence-corrected chi connectivity index (χ4v) is 9.64. The van der Waals surface area contributed by atoms with E-state index in [2.05, 4.69) is 37.2 Å². The number of primary amides is 2. The molecule has 332 valence electrons. The highest BCUT2D eigenvalue weighted by atomic mass is 79.9. The number of halogens is 1. The summed E-state index contributed by atoms with van der Waals surface area (Å²) in [5.74, 6) is -0.749. The molecule has 2 aromatic heterocycles. The maximum Gasteiger partial charge on any atom is 0.505 e. The van der Waals surface area contributed by atoms with Gasteiger partial charge in [0, 0.05) is 30.5 Å². The van der Waals surface area contributed by atoms with Crippen LogP contribution in [0.15, 0.2) is 15.9 Å². The van der Waals surface area contributed by atoms with Crippen molar-refractivity contribution in [1.82, 2.24) is 20.4 Å². The molecular weight excluding hydrogens is 883 g/mol. The second-order valence-corrected chi connectivity index (χ2v) is 21.5. The van der Waals surface area contributed by atoms with Gasteiger partial charge in [0.1, 0.15) is 15.6 Å². The number of ether oxygens (including phenoxy) is 1. The van der Waals surface area contributed by atoms with Crippen molar-refractivity contribution < 1.29 is 47.9 Å². The molecule has 0 aliphatic carbocycles. The van der Waals surface area contributed by atoms with Crippen molar-refractivity contribution in [3.05, 3.63) is 27.0 Å². The first-order valence-electron chi connectivity index (χ1n) is 19.6. The number of nitrogens with two attached hydrogens (primary N) is 2. The van der Waals surface area contributed by atoms with Crippen LogP contribution in [0.4, 0.5) is 29.2 Å². The van der Waals surface area contributed by atoms with Gasteiger partial charge in [0.25, 0.3) is 11.8 Å². The highest BCUT2D eigenvalue weighted by Gasteiger charge is 2.53. The Labute approximate surface area is 367 Å². The van der Waals surface area contributed by atoms with Crippen molar-refractivity contribution >= 4 is 96.6 Å². The molecule has 0 saturated carbocycles. The lowest BCUT2D eigenvalue weighted by Gasteiger charge is -2.46. The molecule has 2 aromatic rings. The van der Waals surface area contributed by atoms with Crippen LogP contribution in [0.2, 0.25) is 0 Å². The molecule has 18 nitrogen and oxygen atoms in total. The van der Waals surface area contributed by atoms with Crippen LogP contribution in [0.3, 0.4) is 0 Å². The first-order valence-corrected chi connectivity index (χ1v) is 22.0. The number of anilines is 2. The summed E-state index contributed by atoms with van der Waals surface area (Å²) >= 11 is 5.67. The molecular formula is C38H58BBrN8O10S2. The van der Waals surface area contributed by atoms with Gasteiger partial charge in [0.2, 0.25) is 0 Å². The van der Waals surface area contributed by atoms with Gasteiger partial charge in [-0.15, -0.1) is 22.7 Å². The summed E-state index contributed by atoms with van der Waals surface area (Å²) in [6.45, 7) is 20.4. The Hall–Kier alpha value is -4.12. The van der Waals surface area contributed by atoms with Crippen LogP contribution < -0.4 is 37.5 Å². The van der Waals surface area contributed by atoms with Gasteiger partial charge in [0.05, 0.1) is 38.2 Å². The van der Waals surface area contributed by atoms with E-state index in [1.54, 1.807) is 17.0 Å². The molecule has 1 unspecified atom stereocenters. The molecule has 9 N–H and O–H groups in total. The van der Waals surface area contributed by atoms with E-state index in [9.17, 15) is 33.9 Å². The van der Waals surface area contributed by atoms with Crippen molar-refractivity contribution in [1.29, 1.82) is 0 Å². The quantitative estimate of drug-likeness (QED) is 0.160. The van der Waals surface area contributed by atoms with Gasteiger partial charge >= 0.3 is 31.4 Å². The van der Waals surface area contributed by atoms with E-state index in [-0.39, 0.29) is 34.6 Å². The number of piperidine rings is 2. The van der Waals surface area contributed by atoms with Crippen LogP contribution in [-0.2, 0) is 14.0 Å². The second-order valence-electron chi connectivity index (χ2n) is 18.0. The average molecular weight is 942 g/mol. The molecule has 5 heterocycles. The Balaban J connectivity index is 0.000000275. The number of hydrogen-bond donors (Lipinski definition) is 7. The summed E-state index contributed by atoms with van der Waals surface area (Å²) in [5.41, 5.74) is 8.96. The number of carboxylic acid groups (broad SMARTS) is 1. The van der Waals surface area contributed by atoms with Gasteiger partial charge in [-0.3, -0.25) is 20.2 Å². The number of rotatable bonds is 7. The monoisotopic (exact) mass is 940 g/mol. The predicted octanol–water partition coefficient (Wildman–Crippen LogP) is 5.96. The second kappa shape index (κ2) is 18.9. The summed E-state index contributed by atoms with van der Waals surface area (Å²) in [7, 11) is -0.704. The lowest BCUT2D eigenvalue weighted by molar-refractivity contribution is 0.00578. The van der Waals surface area contributed by atoms with E-state index in [1.807, 2.05) is 69.2 Å². The molecule has 3 fully saturated rings. The summed E-state index contributed by atoms with van der Waals surface area (Å²) in [6, 6.07) is 0.747. The van der Waals surface area contributed by atoms with Crippen LogP contribution >= 0.6 is 38.6 Å². The molecule has 5 rings (SSSR count). The number of nitrogens with zero attached hydrogens (tertiary/aromatic N) is 2. The minimum absolute atomic E-state index is 0.191. The number of hydrogen-bond acceptors (Lipinski definition) is 11. The van der Waals surface area contributed by atoms with Crippen LogP contribution in [0.5, 0.6) is 0 Å². The van der Waals surface area contributed by atoms with Gasteiger partial charge in [0.15, 0.2) is 0 Å². The number of amides is 8. The molecule has 0 radical (unpaired) electrons. The first kappa shape index (κ1) is 48.6. The van der Waals surface area contributed by atoms with Gasteiger partial charge in [-0.05, 0) is 108 Å². The summed E-state index contributed by atoms with van der Waals surface area (Å²) in [5, 5.41) is 21.3. The number of nitrogens with one attached hydrogen (secondary N) is 4. The molecule has 3 aliphatic heterocycles. The number of thiophene rings is 2. The molecule has 8 amide bonds. The normalized spacial score (nSPS) is 21.2. The van der Waals surface area contributed by atoms with E-state index in [1.165, 1.54) is 16.2 Å². The third kappa shape index (κ3) is 12.5. The lowest BCUT2D eigenvalue weighted by atomic mass is 9.77. The van der Waals surface area contributed by atoms with Gasteiger partial charge in [-0.25, -0.2) is 19.2 Å². The zero-order valence-corrected chi connectivity index (χ0v) is 39.0. The Kier molecular flexibility index (Phi) is 15.3. The maximum absolute atomic E-state index is 13.4. The number of carbonyl (C=O) groups excluding carboxylic acids is 5. The van der Waals surface area contributed by atoms with Crippen molar-refractivity contribution in [2.24, 2.45) is 16.9 Å². The summed E-state index contributed by atoms with van der Waals surface area (Å²) in [6.07, 6.45) is 1.42. The fourth-order valence-electron chi connectivity index (χ4n) is 7.12. The Morgan fingerprint density at radius 2 is 1.38 bits per heavy atom. The van der Waals surface area contributed by atoms with Gasteiger partial charge < -0.3 is 51.1 Å². The van der Waals surface area contributed by atoms with Crippen LogP contribution in [0.25, 0.3) is 0 Å². The Bertz CT molecular complexity index is 1930. The third-order valence-corrected chi connectivity index (χ3v) is 13.0. The molecule has 22 heteroatoms. The number of carbonyl (C=O) groups is 6. The molecule has 60 heavy (non-hydrogen) atoms. The van der Waals surface area contributed by atoms with Crippen LogP contribution in [0, 0.1) is 5.41 Å². The van der Waals surface area contributed by atoms with Gasteiger partial charge in [-0.2, -0.15) is 0 Å². The molecule has 3 atom stereocenters. The molecule has 0 spiro atoms. The largest absolute Gasteiger partial charge is 0.505 e. The van der Waals surface area contributed by atoms with E-state index < -0.39 is 59.4 Å². The average Bonchev–Trinajstić information content (AvgIpc) is 3.75. The molecule has 3 aliphatic rings. The van der Waals surface area contributed by atoms with Crippen molar-refractivity contribution in [3.8, 4) is 0 Å². The topological polar surface area (TPSA) is 257 Å². The maximum atomic E-state index is 13.4. The Morgan fingerprint density at radius 3 is 1.92 bits per heavy atom. The predicted molar refractivity (Wildman–Crippen MR) is 235 cm³/mol. The van der Waals surface area contributed by atoms with E-state index in [4.69, 9.17) is 25.5 Å². The molecule has 0 aromatic carbocycles. The highest BCUT2D eigenvalue weighted by Crippen LogP contribution is 2.38. The first-order chi connectivity index (χ1) is 27.6. The van der Waals surface area contributed by atoms with Gasteiger partial charge in [-0.1, -0.05) is 20.8 Å². The zero-order valence-electron chi connectivity index (χ0n) is 35.8. The van der Waals surface area contributed by atoms with Crippen molar-refractivity contribution in [3.63, 3.8) is 0 Å². The van der Waals surface area contributed by atoms with Crippen molar-refractivity contribution in [2.45, 2.75) is 130 Å². The van der Waals surface area contributed by atoms with Crippen LogP contribution in [0.1, 0.15) is 116 Å². The minimum atomic E-state index is -1.01. The van der Waals surface area contributed by atoms with E-state index in [0.717, 1.165) is 24.2 Å². The smallest absolute Gasteiger partial charge is 0.465 e. The highest BCUT2D eigenvalue weighted by molar-refractivity contribution is 9.11. The summed E-state index contributed by atoms with van der Waals surface area (Å²) in [4.78, 5) is 75.8. The molecule has 3 saturated heterocycles. The SMILES string of the molecule is CC(C)(C)C1[C@@H](NC(=O)c2cc(B3OC(C)(C)C(C)(C)O3)sc2NC(N)=O)CCCN1C(=O)O.CC(C)(C)OC(=O)N1CCC[C@H](NC(=O)c2cc(Br)sc2NC(N)=O)C1. The van der Waals surface area contributed by atoms with Crippen LogP contribution in [-0.4, -0.2) is 113 Å². The number of likely N-dealkylation sites (tertiary alicyclic amines) is 2. The minimum Gasteiger partial charge on any atom is -0.465 e. The standard InChI is InChI=1S/C22H35BN4O6S.C16H23BrN4O4S/c1-20(2,3)15-13(9-8-10-27(15)19(30)31)25-16(28)12-11-14(34-17(12)26-18(24)29)23-32-21(4,5)22(6,7)33-23;1-16(2,3)25-15(24)21-6-4-5-9(8-21)19-12(22)10-7-11(17)26-13(10)20-14(18)23/h11,13,15H,8-10H2,1-7H3,(H,25,28)(H,30,31)(H3,24,26,29);7,9H,4-6,8H2,1-3H3,(H,19,22)(H3,18,20,23)/t13-,15?;9-/m00/s1. The fraction of sp³-hybridized carbons (Fsp3) is 0.632. The molecule has 0 bridgehead atoms. The third-order valence-electron chi connectivity index (χ3n) is 10.4. The zero-order chi connectivity index (χ0) is 45.1. The van der Waals surface area contributed by atoms with E-state index >= 15 is 0 Å². The van der Waals surface area contributed by atoms with Crippen molar-refractivity contribution in [2.75, 3.05) is 30.3 Å². The Morgan fingerprint density at radius 1 is 0.850 bits per heavy atom. The van der Waals surface area contributed by atoms with E-state index in [0.29, 0.717) is 51.6 Å². The lowest BCUT2D eigenvalue weighted by Crippen LogP contribution is -2.61.